The van der Waals surface area contributed by atoms with E-state index in [2.05, 4.69) is 22.6 Å². The zero-order valence-corrected chi connectivity index (χ0v) is 8.46. The molecule has 0 amide bonds. The molecular weight excluding hydrogens is 250 g/mol. The number of ketones is 1. The van der Waals surface area contributed by atoms with Crippen molar-refractivity contribution in [1.29, 1.82) is 0 Å². The van der Waals surface area contributed by atoms with Crippen LogP contribution in [-0.2, 0) is 0 Å². The third-order valence-electron chi connectivity index (χ3n) is 1.49. The highest BCUT2D eigenvalue weighted by atomic mass is 127. The molecule has 0 fully saturated rings. The highest BCUT2D eigenvalue weighted by Gasteiger charge is 2.00. The van der Waals surface area contributed by atoms with Crippen LogP contribution < -0.4 is 0 Å². The molecule has 0 bridgehead atoms. The molecule has 0 aliphatic heterocycles. The zero-order chi connectivity index (χ0) is 8.27. The molecule has 1 aromatic rings. The van der Waals surface area contributed by atoms with Crippen molar-refractivity contribution in [2.45, 2.75) is 6.32 Å². The second kappa shape index (κ2) is 3.90. The second-order valence-electron chi connectivity index (χ2n) is 2.28. The van der Waals surface area contributed by atoms with E-state index in [0.717, 1.165) is 9.13 Å². The zero-order valence-electron chi connectivity index (χ0n) is 6.30. The van der Waals surface area contributed by atoms with E-state index in [1.807, 2.05) is 32.1 Å². The van der Waals surface area contributed by atoms with Crippen LogP contribution in [0.2, 0.25) is 6.32 Å². The molecule has 0 atom stereocenters. The van der Waals surface area contributed by atoms with Gasteiger partial charge in [-0.25, -0.2) is 0 Å². The molecule has 0 spiro atoms. The summed E-state index contributed by atoms with van der Waals surface area (Å²) in [4.78, 5) is 11.1. The highest BCUT2D eigenvalue weighted by Crippen LogP contribution is 2.07. The largest absolute Gasteiger partial charge is 0.295 e. The lowest BCUT2D eigenvalue weighted by molar-refractivity contribution is 0.101. The molecule has 0 aliphatic rings. The highest BCUT2D eigenvalue weighted by molar-refractivity contribution is 14.1. The first kappa shape index (κ1) is 8.78. The number of halogens is 1. The molecule has 0 radical (unpaired) electrons. The van der Waals surface area contributed by atoms with Gasteiger partial charge in [0, 0.05) is 9.13 Å². The van der Waals surface area contributed by atoms with Crippen molar-refractivity contribution in [2.24, 2.45) is 0 Å². The van der Waals surface area contributed by atoms with Crippen molar-refractivity contribution in [3.8, 4) is 0 Å². The Hall–Kier alpha value is -0.315. The number of Topliss-reactive ketones (excluding diaryl/α,β-unsaturated/α-hetero) is 1. The Morgan fingerprint density at radius 3 is 2.36 bits per heavy atom. The Morgan fingerprint density at radius 2 is 1.91 bits per heavy atom. The summed E-state index contributed by atoms with van der Waals surface area (Å²) in [6, 6.07) is 7.63. The van der Waals surface area contributed by atoms with Gasteiger partial charge in [-0.15, -0.1) is 0 Å². The Kier molecular flexibility index (Phi) is 3.11. The summed E-state index contributed by atoms with van der Waals surface area (Å²) in [6.45, 7) is 0. The van der Waals surface area contributed by atoms with E-state index in [4.69, 9.17) is 0 Å². The summed E-state index contributed by atoms with van der Waals surface area (Å²) in [5.41, 5.74) is 0.813. The normalized spacial score (nSPS) is 9.55. The van der Waals surface area contributed by atoms with E-state index in [1.165, 1.54) is 0 Å². The minimum absolute atomic E-state index is 0.210. The Balaban J connectivity index is 2.90. The van der Waals surface area contributed by atoms with Crippen LogP contribution >= 0.6 is 22.6 Å². The van der Waals surface area contributed by atoms with Crippen LogP contribution in [0.5, 0.6) is 0 Å². The first-order chi connectivity index (χ1) is 5.24. The van der Waals surface area contributed by atoms with Gasteiger partial charge in [0.1, 0.15) is 7.85 Å². The van der Waals surface area contributed by atoms with Gasteiger partial charge in [0.2, 0.25) is 0 Å². The lowest BCUT2D eigenvalue weighted by atomic mass is 9.96. The van der Waals surface area contributed by atoms with Gasteiger partial charge < -0.3 is 0 Å². The molecule has 0 aromatic heterocycles. The van der Waals surface area contributed by atoms with E-state index in [9.17, 15) is 4.79 Å². The maximum absolute atomic E-state index is 11.1. The molecular formula is C8H8BIO. The van der Waals surface area contributed by atoms with Gasteiger partial charge in [-0.3, -0.25) is 4.79 Å². The quantitative estimate of drug-likeness (QED) is 0.446. The number of carbonyl (C=O) groups excluding carboxylic acids is 1. The molecule has 0 unspecified atom stereocenters. The standard InChI is InChI=1S/C8H8BIO/c9-5-8(11)6-1-3-7(10)4-2-6/h1-4H,5,9H2. The molecule has 0 saturated heterocycles. The molecule has 1 aromatic carbocycles. The first-order valence-electron chi connectivity index (χ1n) is 3.53. The fraction of sp³-hybridized carbons (Fsp3) is 0.125. The molecule has 0 heterocycles. The average Bonchev–Trinajstić information content (AvgIpc) is 2.05. The van der Waals surface area contributed by atoms with Gasteiger partial charge in [0.05, 0.1) is 0 Å². The van der Waals surface area contributed by atoms with Crippen LogP contribution in [0.25, 0.3) is 0 Å². The third kappa shape index (κ3) is 2.32. The fourth-order valence-corrected chi connectivity index (χ4v) is 1.20. The van der Waals surface area contributed by atoms with Gasteiger partial charge >= 0.3 is 0 Å². The molecule has 11 heavy (non-hydrogen) atoms. The second-order valence-corrected chi connectivity index (χ2v) is 3.53. The lowest BCUT2D eigenvalue weighted by Crippen LogP contribution is -1.96. The van der Waals surface area contributed by atoms with E-state index < -0.39 is 0 Å². The average molecular weight is 258 g/mol. The van der Waals surface area contributed by atoms with Crippen molar-refractivity contribution >= 4 is 36.2 Å². The topological polar surface area (TPSA) is 17.1 Å². The molecule has 3 heteroatoms. The van der Waals surface area contributed by atoms with Crippen LogP contribution in [0.1, 0.15) is 10.4 Å². The van der Waals surface area contributed by atoms with Crippen molar-refractivity contribution in [3.05, 3.63) is 33.4 Å². The Labute approximate surface area is 80.7 Å². The molecule has 0 aliphatic carbocycles. The van der Waals surface area contributed by atoms with Crippen molar-refractivity contribution in [3.63, 3.8) is 0 Å². The van der Waals surface area contributed by atoms with E-state index in [0.29, 0.717) is 6.32 Å². The minimum atomic E-state index is 0.210. The number of hydrogen-bond acceptors (Lipinski definition) is 1. The molecule has 56 valence electrons. The van der Waals surface area contributed by atoms with Crippen molar-refractivity contribution < 1.29 is 4.79 Å². The van der Waals surface area contributed by atoms with Crippen LogP contribution in [0.4, 0.5) is 0 Å². The molecule has 0 saturated carbocycles. The summed E-state index contributed by atoms with van der Waals surface area (Å²) in [7, 11) is 1.88. The summed E-state index contributed by atoms with van der Waals surface area (Å²) in [6.07, 6.45) is 0.584. The van der Waals surface area contributed by atoms with Gasteiger partial charge in [0.25, 0.3) is 0 Å². The third-order valence-corrected chi connectivity index (χ3v) is 2.21. The smallest absolute Gasteiger partial charge is 0.155 e. The van der Waals surface area contributed by atoms with E-state index in [-0.39, 0.29) is 5.78 Å². The number of hydrogen-bond donors (Lipinski definition) is 0. The summed E-state index contributed by atoms with van der Waals surface area (Å²) in [5.74, 6) is 0.210. The fourth-order valence-electron chi connectivity index (χ4n) is 0.840. The maximum Gasteiger partial charge on any atom is 0.155 e. The van der Waals surface area contributed by atoms with Crippen LogP contribution in [0.15, 0.2) is 24.3 Å². The van der Waals surface area contributed by atoms with Gasteiger partial charge in [0.15, 0.2) is 5.78 Å². The van der Waals surface area contributed by atoms with Crippen LogP contribution in [0.3, 0.4) is 0 Å². The number of rotatable bonds is 2. The predicted octanol–water partition coefficient (Wildman–Crippen LogP) is 1.53. The van der Waals surface area contributed by atoms with Gasteiger partial charge in [-0.2, -0.15) is 0 Å². The molecule has 0 N–H and O–H groups in total. The van der Waals surface area contributed by atoms with Crippen LogP contribution in [-0.4, -0.2) is 13.6 Å². The molecule has 1 rings (SSSR count). The summed E-state index contributed by atoms with van der Waals surface area (Å²) >= 11 is 2.22. The predicted molar refractivity (Wildman–Crippen MR) is 56.8 cm³/mol. The number of benzene rings is 1. The van der Waals surface area contributed by atoms with Crippen LogP contribution in [0, 0.1) is 3.57 Å². The van der Waals surface area contributed by atoms with Gasteiger partial charge in [-0.1, -0.05) is 12.1 Å². The Bertz CT molecular complexity index is 255. The monoisotopic (exact) mass is 258 g/mol. The molecule has 1 nitrogen and oxygen atoms in total. The summed E-state index contributed by atoms with van der Waals surface area (Å²) in [5, 5.41) is 0. The Morgan fingerprint density at radius 1 is 1.36 bits per heavy atom. The van der Waals surface area contributed by atoms with E-state index in [1.54, 1.807) is 0 Å². The summed E-state index contributed by atoms with van der Waals surface area (Å²) < 4.78 is 1.16. The van der Waals surface area contributed by atoms with E-state index >= 15 is 0 Å². The SMILES string of the molecule is BCC(=O)c1ccc(I)cc1. The van der Waals surface area contributed by atoms with Crippen molar-refractivity contribution in [2.75, 3.05) is 0 Å². The first-order valence-corrected chi connectivity index (χ1v) is 4.60. The van der Waals surface area contributed by atoms with Crippen molar-refractivity contribution in [1.82, 2.24) is 0 Å². The van der Waals surface area contributed by atoms with Gasteiger partial charge in [-0.05, 0) is 41.0 Å². The number of carbonyl (C=O) groups is 1. The maximum atomic E-state index is 11.1. The lowest BCUT2D eigenvalue weighted by Gasteiger charge is -1.96. The minimum Gasteiger partial charge on any atom is -0.295 e.